The molecule has 0 spiro atoms. The van der Waals surface area contributed by atoms with Crippen LogP contribution in [-0.2, 0) is 16.0 Å². The van der Waals surface area contributed by atoms with Crippen molar-refractivity contribution in [1.29, 1.82) is 0 Å². The molecule has 1 rings (SSSR count). The zero-order valence-corrected chi connectivity index (χ0v) is 11.3. The molecule has 0 saturated heterocycles. The molecule has 0 unspecified atom stereocenters. The summed E-state index contributed by atoms with van der Waals surface area (Å²) in [5.41, 5.74) is 0.501. The van der Waals surface area contributed by atoms with Crippen LogP contribution in [-0.4, -0.2) is 28.5 Å². The Morgan fingerprint density at radius 2 is 2.00 bits per heavy atom. The molecule has 0 aliphatic rings. The van der Waals surface area contributed by atoms with Gasteiger partial charge < -0.3 is 15.2 Å². The Hall–Kier alpha value is -3.44. The first kappa shape index (κ1) is 14.6. The van der Waals surface area contributed by atoms with Gasteiger partial charge in [0.1, 0.15) is 6.04 Å². The Morgan fingerprint density at radius 3 is 2.39 bits per heavy atom. The Labute approximate surface area is 96.2 Å². The van der Waals surface area contributed by atoms with E-state index in [1.807, 2.05) is 5.32 Å². The summed E-state index contributed by atoms with van der Waals surface area (Å²) in [6.07, 6.45) is 1.35. The van der Waals surface area contributed by atoms with Crippen LogP contribution in [0, 0.1) is 10.1 Å². The fraction of sp³-hybridized carbons (Fsp3) is 0.200. The summed E-state index contributed by atoms with van der Waals surface area (Å²) in [7, 11) is 0. The number of benzene rings is 1. The summed E-state index contributed by atoms with van der Waals surface area (Å²) in [5.74, 6) is -1.19. The fourth-order valence-corrected chi connectivity index (χ4v) is 1.26. The van der Waals surface area contributed by atoms with Gasteiger partial charge in [-0.1, -0.05) is 12.1 Å². The van der Waals surface area contributed by atoms with Crippen LogP contribution >= 0.6 is 0 Å². The molecule has 0 aromatic heterocycles. The van der Waals surface area contributed by atoms with E-state index in [4.69, 9.17) is 5.11 Å². The van der Waals surface area contributed by atoms with Gasteiger partial charge in [-0.3, -0.25) is 14.9 Å². The number of hydrogen-bond donors (Lipinski definition) is 2. The van der Waals surface area contributed by atoms with Gasteiger partial charge in [-0.2, -0.15) is 6.41 Å². The van der Waals surface area contributed by atoms with Crippen LogP contribution in [0.2, 0.25) is 0 Å². The average Bonchev–Trinajstić information content (AvgIpc) is 2.29. The summed E-state index contributed by atoms with van der Waals surface area (Å²) in [5, 5.41) is 21.2. The minimum Gasteiger partial charge on any atom is -0.520 e. The van der Waals surface area contributed by atoms with Crippen molar-refractivity contribution in [2.75, 3.05) is 0 Å². The van der Waals surface area contributed by atoms with E-state index in [1.165, 1.54) is 30.7 Å². The Bertz CT molecular complexity index is 434. The second-order valence-corrected chi connectivity index (χ2v) is 3.26. The molecular weight excluding hydrogens is 485 g/mol. The molecule has 1 amide bonds. The number of nitro groups is 1. The molecule has 0 radical (unpaired) electrons. The van der Waals surface area contributed by atoms with E-state index in [1.54, 1.807) is 0 Å². The van der Waals surface area contributed by atoms with Gasteiger partial charge >= 0.3 is 5.97 Å². The molecule has 2 N–H and O–H groups in total. The van der Waals surface area contributed by atoms with E-state index in [-0.39, 0.29) is 12.1 Å². The van der Waals surface area contributed by atoms with Crippen molar-refractivity contribution in [3.63, 3.8) is 0 Å². The SMILES string of the molecule is O=[C-]N[C@@H](Cc1ccc([N+](=O)[O-])cc1)C(=O)O.[Fm]. The Morgan fingerprint density at radius 1 is 1.44 bits per heavy atom. The van der Waals surface area contributed by atoms with Crippen molar-refractivity contribution in [1.82, 2.24) is 5.32 Å². The molecule has 1 atom stereocenters. The summed E-state index contributed by atoms with van der Waals surface area (Å²) in [4.78, 5) is 30.6. The van der Waals surface area contributed by atoms with Crippen LogP contribution in [0.4, 0.5) is 5.69 Å². The number of nitrogens with zero attached hydrogens (tertiary/aromatic N) is 1. The number of amides is 1. The smallest absolute Gasteiger partial charge is 0.323 e. The minimum atomic E-state index is -1.19. The second-order valence-electron chi connectivity index (χ2n) is 3.26. The average molecular weight is 494 g/mol. The van der Waals surface area contributed by atoms with Crippen LogP contribution in [0.3, 0.4) is 0 Å². The zero-order chi connectivity index (χ0) is 12.8. The molecule has 7 nitrogen and oxygen atoms in total. The van der Waals surface area contributed by atoms with E-state index in [0.717, 1.165) is 0 Å². The first-order valence-electron chi connectivity index (χ1n) is 4.63. The van der Waals surface area contributed by atoms with Gasteiger partial charge in [-0.05, 0) is 5.56 Å². The second kappa shape index (κ2) is 6.21. The van der Waals surface area contributed by atoms with Crippen LogP contribution in [0.5, 0.6) is 0 Å². The Kier molecular flexibility index (Phi) is 5.02. The zero-order valence-electron chi connectivity index (χ0n) is 8.91. The molecule has 0 fully saturated rings. The summed E-state index contributed by atoms with van der Waals surface area (Å²) in [6.45, 7) is 0. The third kappa shape index (κ3) is 3.61. The van der Waals surface area contributed by atoms with Crippen LogP contribution in [0.1, 0.15) is 5.56 Å². The number of carbonyl (C=O) groups excluding carboxylic acids is 1. The predicted molar refractivity (Wildman–Crippen MR) is 57.1 cm³/mol. The van der Waals surface area contributed by atoms with E-state index < -0.39 is 16.9 Å². The standard InChI is InChI=1S/C10H9N2O5.Fm/c13-6-11-9(10(14)15)5-7-1-3-8(4-2-7)12(16)17;/h1-4,9H,5H2,(H,11,13)(H,14,15);/q-1;/t9-;/m0./s1. The van der Waals surface area contributed by atoms with Gasteiger partial charge in [-0.25, -0.2) is 0 Å². The molecule has 0 saturated carbocycles. The van der Waals surface area contributed by atoms with Gasteiger partial charge in [0.25, 0.3) is 5.69 Å². The number of aliphatic carboxylic acids is 1. The van der Waals surface area contributed by atoms with Gasteiger partial charge in [0, 0.05) is 18.6 Å². The van der Waals surface area contributed by atoms with Crippen molar-refractivity contribution < 1.29 is 19.6 Å². The molecule has 8 heteroatoms. The predicted octanol–water partition coefficient (Wildman–Crippen LogP) is 0.247. The first-order chi connectivity index (χ1) is 8.04. The molecule has 0 aliphatic carbocycles. The molecule has 0 heterocycles. The first-order valence-corrected chi connectivity index (χ1v) is 4.63. The molecular formula is C10H9FmN2O5-. The van der Waals surface area contributed by atoms with Crippen molar-refractivity contribution in [2.45, 2.75) is 12.5 Å². The molecule has 0 bridgehead atoms. The van der Waals surface area contributed by atoms with E-state index in [2.05, 4.69) is 0 Å². The maximum Gasteiger partial charge on any atom is 0.323 e. The number of non-ortho nitro benzene ring substituents is 1. The van der Waals surface area contributed by atoms with Crippen LogP contribution in [0.15, 0.2) is 24.3 Å². The number of carboxylic acids is 1. The third-order valence-electron chi connectivity index (χ3n) is 2.12. The maximum atomic E-state index is 10.7. The van der Waals surface area contributed by atoms with Gasteiger partial charge in [0.15, 0.2) is 0 Å². The van der Waals surface area contributed by atoms with Gasteiger partial charge in [0.05, 0.1) is 4.92 Å². The van der Waals surface area contributed by atoms with Crippen molar-refractivity contribution in [3.8, 4) is 0 Å². The van der Waals surface area contributed by atoms with Crippen LogP contribution in [0.25, 0.3) is 0 Å². The van der Waals surface area contributed by atoms with E-state index in [9.17, 15) is 19.7 Å². The molecule has 1 aromatic carbocycles. The normalized spacial score (nSPS) is 10.9. The quantitative estimate of drug-likeness (QED) is 0.255. The number of carbonyl (C=O) groups is 1. The molecule has 102 valence electrons. The summed E-state index contributed by atoms with van der Waals surface area (Å²) < 4.78 is 0. The number of hydrogen-bond acceptors (Lipinski definition) is 4. The largest absolute Gasteiger partial charge is 0.520 e. The number of nitro benzene ring substituents is 1. The van der Waals surface area contributed by atoms with Crippen molar-refractivity contribution in [2.24, 2.45) is 0 Å². The summed E-state index contributed by atoms with van der Waals surface area (Å²) >= 11 is 0. The maximum absolute atomic E-state index is 10.7. The number of rotatable bonds is 6. The number of carboxylic acid groups (broad SMARTS) is 1. The van der Waals surface area contributed by atoms with Crippen molar-refractivity contribution in [3.05, 3.63) is 39.9 Å². The number of nitrogens with one attached hydrogen (secondary N) is 1. The monoisotopic (exact) mass is 494 g/mol. The van der Waals surface area contributed by atoms with Gasteiger partial charge in [-0.15, -0.1) is 0 Å². The molecule has 18 heavy (non-hydrogen) atoms. The third-order valence-corrected chi connectivity index (χ3v) is 2.12. The van der Waals surface area contributed by atoms with Crippen LogP contribution < -0.4 is 5.32 Å². The fourth-order valence-electron chi connectivity index (χ4n) is 1.26. The van der Waals surface area contributed by atoms with Crippen molar-refractivity contribution >= 4 is 18.1 Å². The van der Waals surface area contributed by atoms with Gasteiger partial charge in [0.2, 0.25) is 0 Å². The summed E-state index contributed by atoms with van der Waals surface area (Å²) in [6, 6.07) is 4.35. The minimum absolute atomic E-state index is 0. The van der Waals surface area contributed by atoms with E-state index >= 15 is 0 Å². The Balaban J connectivity index is 0.00000289. The topological polar surface area (TPSA) is 110 Å². The molecule has 0 aliphatic heterocycles. The molecule has 1 aromatic rings. The van der Waals surface area contributed by atoms with E-state index in [0.29, 0.717) is 5.56 Å².